The van der Waals surface area contributed by atoms with Crippen molar-refractivity contribution in [3.63, 3.8) is 0 Å². The average molecular weight is 199 g/mol. The van der Waals surface area contributed by atoms with Crippen LogP contribution < -0.4 is 5.32 Å². The van der Waals surface area contributed by atoms with Crippen molar-refractivity contribution in [3.05, 3.63) is 0 Å². The Morgan fingerprint density at radius 1 is 1.21 bits per heavy atom. The van der Waals surface area contributed by atoms with Crippen molar-refractivity contribution in [1.29, 1.82) is 0 Å². The van der Waals surface area contributed by atoms with E-state index in [0.29, 0.717) is 17.6 Å². The van der Waals surface area contributed by atoms with Crippen molar-refractivity contribution in [2.75, 3.05) is 13.2 Å². The van der Waals surface area contributed by atoms with E-state index in [-0.39, 0.29) is 0 Å². The highest BCUT2D eigenvalue weighted by Crippen LogP contribution is 2.48. The molecule has 2 unspecified atom stereocenters. The van der Waals surface area contributed by atoms with Gasteiger partial charge in [-0.05, 0) is 32.7 Å². The molecule has 2 heteroatoms. The molecule has 0 heterocycles. The molecule has 0 aliphatic heterocycles. The van der Waals surface area contributed by atoms with Crippen LogP contribution in [-0.2, 0) is 4.74 Å². The van der Waals surface area contributed by atoms with E-state index in [2.05, 4.69) is 33.0 Å². The van der Waals surface area contributed by atoms with Crippen LogP contribution in [0.4, 0.5) is 0 Å². The second kappa shape index (κ2) is 5.13. The van der Waals surface area contributed by atoms with Crippen LogP contribution in [0.2, 0.25) is 0 Å². The summed E-state index contributed by atoms with van der Waals surface area (Å²) in [5, 5.41) is 3.58. The largest absolute Gasteiger partial charge is 0.378 e. The Labute approximate surface area is 88.4 Å². The van der Waals surface area contributed by atoms with Crippen LogP contribution in [0.25, 0.3) is 0 Å². The molecule has 2 nitrogen and oxygen atoms in total. The molecule has 1 saturated carbocycles. The Morgan fingerprint density at radius 2 is 1.86 bits per heavy atom. The van der Waals surface area contributed by atoms with Crippen LogP contribution in [-0.4, -0.2) is 25.3 Å². The van der Waals surface area contributed by atoms with Gasteiger partial charge in [0.25, 0.3) is 0 Å². The molecule has 1 aliphatic carbocycles. The summed E-state index contributed by atoms with van der Waals surface area (Å²) in [6.07, 6.45) is 4.15. The maximum Gasteiger partial charge on any atom is 0.0660 e. The van der Waals surface area contributed by atoms with Gasteiger partial charge in [0.05, 0.1) is 6.10 Å². The zero-order valence-electron chi connectivity index (χ0n) is 10.1. The smallest absolute Gasteiger partial charge is 0.0660 e. The van der Waals surface area contributed by atoms with Crippen molar-refractivity contribution < 1.29 is 4.74 Å². The summed E-state index contributed by atoms with van der Waals surface area (Å²) in [6.45, 7) is 10.8. The zero-order valence-corrected chi connectivity index (χ0v) is 10.1. The SMILES string of the molecule is CCNC1CC(OCC)C1(CC)CC. The summed E-state index contributed by atoms with van der Waals surface area (Å²) in [4.78, 5) is 0. The molecule has 1 N–H and O–H groups in total. The van der Waals surface area contributed by atoms with Crippen molar-refractivity contribution in [2.45, 2.75) is 59.1 Å². The van der Waals surface area contributed by atoms with Gasteiger partial charge < -0.3 is 10.1 Å². The van der Waals surface area contributed by atoms with Crippen LogP contribution in [0.15, 0.2) is 0 Å². The Morgan fingerprint density at radius 3 is 2.29 bits per heavy atom. The second-order valence-corrected chi connectivity index (χ2v) is 4.23. The fraction of sp³-hybridized carbons (Fsp3) is 1.00. The van der Waals surface area contributed by atoms with E-state index in [1.165, 1.54) is 19.3 Å². The zero-order chi connectivity index (χ0) is 10.6. The summed E-state index contributed by atoms with van der Waals surface area (Å²) in [5.41, 5.74) is 0.409. The normalized spacial score (nSPS) is 30.0. The predicted molar refractivity (Wildman–Crippen MR) is 60.5 cm³/mol. The topological polar surface area (TPSA) is 21.3 Å². The summed E-state index contributed by atoms with van der Waals surface area (Å²) in [5.74, 6) is 0. The lowest BCUT2D eigenvalue weighted by molar-refractivity contribution is -0.137. The van der Waals surface area contributed by atoms with Gasteiger partial charge in [-0.25, -0.2) is 0 Å². The minimum Gasteiger partial charge on any atom is -0.378 e. The van der Waals surface area contributed by atoms with E-state index in [0.717, 1.165) is 13.2 Å². The Balaban J connectivity index is 2.59. The van der Waals surface area contributed by atoms with Gasteiger partial charge in [-0.3, -0.25) is 0 Å². The standard InChI is InChI=1S/C12H25NO/c1-5-12(6-2)10(13-7-3)9-11(12)14-8-4/h10-11,13H,5-9H2,1-4H3. The van der Waals surface area contributed by atoms with Gasteiger partial charge in [0.2, 0.25) is 0 Å². The van der Waals surface area contributed by atoms with Crippen LogP contribution in [0, 0.1) is 5.41 Å². The highest BCUT2D eigenvalue weighted by molar-refractivity contribution is 5.06. The third kappa shape index (κ3) is 1.82. The molecule has 0 amide bonds. The van der Waals surface area contributed by atoms with E-state index in [9.17, 15) is 0 Å². The molecule has 84 valence electrons. The van der Waals surface area contributed by atoms with Crippen molar-refractivity contribution in [1.82, 2.24) is 5.32 Å². The number of ether oxygens (including phenoxy) is 1. The number of nitrogens with one attached hydrogen (secondary N) is 1. The molecule has 0 bridgehead atoms. The van der Waals surface area contributed by atoms with Crippen LogP contribution in [0.3, 0.4) is 0 Å². The predicted octanol–water partition coefficient (Wildman–Crippen LogP) is 2.58. The first-order valence-corrected chi connectivity index (χ1v) is 6.10. The van der Waals surface area contributed by atoms with E-state index in [4.69, 9.17) is 4.74 Å². The van der Waals surface area contributed by atoms with E-state index in [1.807, 2.05) is 0 Å². The van der Waals surface area contributed by atoms with Gasteiger partial charge in [0.1, 0.15) is 0 Å². The highest BCUT2D eigenvalue weighted by Gasteiger charge is 2.52. The maximum atomic E-state index is 5.81. The summed E-state index contributed by atoms with van der Waals surface area (Å²) in [6, 6.07) is 0.680. The molecule has 1 fully saturated rings. The molecule has 1 aliphatic rings. The van der Waals surface area contributed by atoms with E-state index >= 15 is 0 Å². The van der Waals surface area contributed by atoms with Gasteiger partial charge in [-0.1, -0.05) is 20.8 Å². The van der Waals surface area contributed by atoms with Gasteiger partial charge in [0, 0.05) is 18.1 Å². The first-order valence-electron chi connectivity index (χ1n) is 6.10. The molecule has 14 heavy (non-hydrogen) atoms. The minimum absolute atomic E-state index is 0.409. The van der Waals surface area contributed by atoms with Crippen LogP contribution in [0.5, 0.6) is 0 Å². The van der Waals surface area contributed by atoms with Crippen molar-refractivity contribution in [2.24, 2.45) is 5.41 Å². The summed E-state index contributed by atoms with van der Waals surface area (Å²) >= 11 is 0. The molecule has 0 aromatic rings. The third-order valence-corrected chi connectivity index (χ3v) is 3.92. The molecule has 0 aromatic heterocycles. The minimum atomic E-state index is 0.409. The average Bonchev–Trinajstić information content (AvgIpc) is 2.19. The van der Waals surface area contributed by atoms with Gasteiger partial charge in [0.15, 0.2) is 0 Å². The van der Waals surface area contributed by atoms with Crippen molar-refractivity contribution >= 4 is 0 Å². The number of hydrogen-bond donors (Lipinski definition) is 1. The number of hydrogen-bond acceptors (Lipinski definition) is 2. The van der Waals surface area contributed by atoms with Crippen molar-refractivity contribution in [3.8, 4) is 0 Å². The Kier molecular flexibility index (Phi) is 4.39. The summed E-state index contributed by atoms with van der Waals surface area (Å²) < 4.78 is 5.81. The quantitative estimate of drug-likeness (QED) is 0.710. The van der Waals surface area contributed by atoms with Crippen LogP contribution >= 0.6 is 0 Å². The fourth-order valence-electron chi connectivity index (χ4n) is 2.91. The molecular formula is C12H25NO. The lowest BCUT2D eigenvalue weighted by atomic mass is 9.58. The lowest BCUT2D eigenvalue weighted by Crippen LogP contribution is -2.63. The van der Waals surface area contributed by atoms with E-state index < -0.39 is 0 Å². The van der Waals surface area contributed by atoms with Gasteiger partial charge in [-0.2, -0.15) is 0 Å². The first-order chi connectivity index (χ1) is 6.75. The Hall–Kier alpha value is -0.0800. The molecular weight excluding hydrogens is 174 g/mol. The molecule has 0 radical (unpaired) electrons. The monoisotopic (exact) mass is 199 g/mol. The molecule has 2 atom stereocenters. The van der Waals surface area contributed by atoms with Gasteiger partial charge in [-0.15, -0.1) is 0 Å². The second-order valence-electron chi connectivity index (χ2n) is 4.23. The third-order valence-electron chi connectivity index (χ3n) is 3.92. The Bertz CT molecular complexity index is 152. The fourth-order valence-corrected chi connectivity index (χ4v) is 2.91. The summed E-state index contributed by atoms with van der Waals surface area (Å²) in [7, 11) is 0. The molecule has 0 saturated heterocycles. The first kappa shape index (κ1) is 12.0. The maximum absolute atomic E-state index is 5.81. The van der Waals surface area contributed by atoms with E-state index in [1.54, 1.807) is 0 Å². The lowest BCUT2D eigenvalue weighted by Gasteiger charge is -2.55. The molecule has 0 spiro atoms. The molecule has 0 aromatic carbocycles. The number of rotatable bonds is 6. The molecule has 1 rings (SSSR count). The highest BCUT2D eigenvalue weighted by atomic mass is 16.5. The van der Waals surface area contributed by atoms with Crippen LogP contribution in [0.1, 0.15) is 47.0 Å². The van der Waals surface area contributed by atoms with Gasteiger partial charge >= 0.3 is 0 Å².